The van der Waals surface area contributed by atoms with Gasteiger partial charge in [0.2, 0.25) is 5.82 Å². The molecule has 0 aliphatic rings. The van der Waals surface area contributed by atoms with Crippen LogP contribution >= 0.6 is 0 Å². The van der Waals surface area contributed by atoms with Crippen molar-refractivity contribution in [3.63, 3.8) is 0 Å². The predicted molar refractivity (Wildman–Crippen MR) is 125 cm³/mol. The van der Waals surface area contributed by atoms with E-state index in [0.29, 0.717) is 22.3 Å². The van der Waals surface area contributed by atoms with Crippen molar-refractivity contribution >= 4 is 5.97 Å². The van der Waals surface area contributed by atoms with E-state index in [4.69, 9.17) is 9.26 Å². The summed E-state index contributed by atoms with van der Waals surface area (Å²) < 4.78 is 51.5. The minimum atomic E-state index is -4.39. The number of esters is 1. The molecular formula is C26H22F3N3O4. The Morgan fingerprint density at radius 2 is 1.72 bits per heavy atom. The van der Waals surface area contributed by atoms with Crippen molar-refractivity contribution in [2.45, 2.75) is 32.0 Å². The lowest BCUT2D eigenvalue weighted by Gasteiger charge is -2.28. The van der Waals surface area contributed by atoms with Gasteiger partial charge in [0.05, 0.1) is 30.2 Å². The number of rotatable bonds is 6. The Morgan fingerprint density at radius 1 is 1.03 bits per heavy atom. The maximum Gasteiger partial charge on any atom is 0.397 e. The number of halogens is 3. The second-order valence-corrected chi connectivity index (χ2v) is 8.70. The molecule has 2 aromatic carbocycles. The van der Waals surface area contributed by atoms with Crippen molar-refractivity contribution in [3.8, 4) is 22.8 Å². The molecule has 4 rings (SSSR count). The molecule has 0 aliphatic heterocycles. The Kier molecular flexibility index (Phi) is 6.53. The third-order valence-corrected chi connectivity index (χ3v) is 5.93. The second kappa shape index (κ2) is 9.44. The van der Waals surface area contributed by atoms with E-state index >= 15 is 0 Å². The van der Waals surface area contributed by atoms with E-state index in [0.717, 1.165) is 13.8 Å². The van der Waals surface area contributed by atoms with Crippen LogP contribution < -0.4 is 5.56 Å². The van der Waals surface area contributed by atoms with Crippen LogP contribution in [-0.2, 0) is 16.7 Å². The van der Waals surface area contributed by atoms with Crippen LogP contribution in [-0.4, -0.2) is 34.0 Å². The highest BCUT2D eigenvalue weighted by molar-refractivity contribution is 5.89. The predicted octanol–water partition coefficient (Wildman–Crippen LogP) is 5.24. The molecule has 4 aromatic rings. The van der Waals surface area contributed by atoms with Crippen molar-refractivity contribution in [2.24, 2.45) is 0 Å². The fourth-order valence-corrected chi connectivity index (χ4v) is 3.55. The van der Waals surface area contributed by atoms with E-state index < -0.39 is 17.6 Å². The smallest absolute Gasteiger partial charge is 0.397 e. The summed E-state index contributed by atoms with van der Waals surface area (Å²) in [6, 6.07) is 15.4. The van der Waals surface area contributed by atoms with E-state index in [1.807, 2.05) is 0 Å². The van der Waals surface area contributed by atoms with Gasteiger partial charge in [-0.25, -0.2) is 4.79 Å². The maximum absolute atomic E-state index is 13.3. The largest absolute Gasteiger partial charge is 0.465 e. The minimum absolute atomic E-state index is 0.116. The molecule has 0 radical (unpaired) electrons. The number of carbonyl (C=O) groups is 1. The monoisotopic (exact) mass is 497 g/mol. The van der Waals surface area contributed by atoms with Crippen LogP contribution in [0.25, 0.3) is 22.8 Å². The molecule has 0 N–H and O–H groups in total. The lowest BCUT2D eigenvalue weighted by atomic mass is 9.83. The topological polar surface area (TPSA) is 87.2 Å². The van der Waals surface area contributed by atoms with Gasteiger partial charge in [-0.2, -0.15) is 18.2 Å². The van der Waals surface area contributed by atoms with Crippen molar-refractivity contribution in [1.29, 1.82) is 0 Å². The number of hydrogen-bond acceptors (Lipinski definition) is 6. The van der Waals surface area contributed by atoms with Crippen LogP contribution in [0, 0.1) is 0 Å². The van der Waals surface area contributed by atoms with Gasteiger partial charge in [-0.1, -0.05) is 41.6 Å². The Hall–Kier alpha value is -4.21. The average Bonchev–Trinajstić information content (AvgIpc) is 3.35. The van der Waals surface area contributed by atoms with Gasteiger partial charge in [-0.15, -0.1) is 0 Å². The van der Waals surface area contributed by atoms with Gasteiger partial charge in [0.15, 0.2) is 0 Å². The summed E-state index contributed by atoms with van der Waals surface area (Å²) >= 11 is 0. The van der Waals surface area contributed by atoms with Gasteiger partial charge in [0, 0.05) is 17.8 Å². The summed E-state index contributed by atoms with van der Waals surface area (Å²) in [5.41, 5.74) is -0.115. The molecule has 2 aromatic heterocycles. The maximum atomic E-state index is 13.3. The number of aromatic nitrogens is 3. The Morgan fingerprint density at radius 3 is 2.39 bits per heavy atom. The van der Waals surface area contributed by atoms with Crippen LogP contribution in [0.3, 0.4) is 0 Å². The van der Waals surface area contributed by atoms with Crippen LogP contribution in [0.2, 0.25) is 0 Å². The van der Waals surface area contributed by atoms with E-state index in [1.165, 1.54) is 48.1 Å². The molecule has 0 unspecified atom stereocenters. The van der Waals surface area contributed by atoms with Gasteiger partial charge in [0.1, 0.15) is 0 Å². The van der Waals surface area contributed by atoms with E-state index in [9.17, 15) is 22.8 Å². The molecule has 0 saturated carbocycles. The number of carbonyl (C=O) groups excluding carboxylic acids is 1. The Labute approximate surface area is 204 Å². The summed E-state index contributed by atoms with van der Waals surface area (Å²) in [6.07, 6.45) is -2.84. The SMILES string of the molecule is COC(=O)c1cccc(Cn2cc(-c3nc(-c4ccc(C(C)(C)C(F)(F)F)cc4)no3)ccc2=O)c1. The Balaban J connectivity index is 1.58. The van der Waals surface area contributed by atoms with Gasteiger partial charge in [-0.05, 0) is 43.2 Å². The summed E-state index contributed by atoms with van der Waals surface area (Å²) in [4.78, 5) is 28.5. The summed E-state index contributed by atoms with van der Waals surface area (Å²) in [5.74, 6) is -0.141. The normalized spacial score (nSPS) is 11.9. The number of benzene rings is 2. The molecule has 10 heteroatoms. The highest BCUT2D eigenvalue weighted by Crippen LogP contribution is 2.40. The number of pyridine rings is 1. The average molecular weight is 497 g/mol. The van der Waals surface area contributed by atoms with Crippen LogP contribution in [0.1, 0.15) is 35.3 Å². The molecule has 186 valence electrons. The van der Waals surface area contributed by atoms with E-state index in [1.54, 1.807) is 30.5 Å². The van der Waals surface area contributed by atoms with Crippen molar-refractivity contribution in [2.75, 3.05) is 7.11 Å². The number of alkyl halides is 3. The third kappa shape index (κ3) is 4.93. The van der Waals surface area contributed by atoms with Crippen LogP contribution in [0.15, 0.2) is 76.2 Å². The van der Waals surface area contributed by atoms with Crippen LogP contribution in [0.4, 0.5) is 13.2 Å². The van der Waals surface area contributed by atoms with Crippen LogP contribution in [0.5, 0.6) is 0 Å². The van der Waals surface area contributed by atoms with Gasteiger partial charge < -0.3 is 13.8 Å². The fraction of sp³-hybridized carbons (Fsp3) is 0.231. The summed E-state index contributed by atoms with van der Waals surface area (Å²) in [6.45, 7) is 2.43. The van der Waals surface area contributed by atoms with Gasteiger partial charge >= 0.3 is 12.1 Å². The standard InChI is InChI=1S/C26H22F3N3O4/c1-25(2,26(27,28)29)20-10-7-17(8-11-20)22-30-23(36-31-22)19-9-12-21(33)32(15-19)14-16-5-4-6-18(13-16)24(34)35-3/h4-13,15H,14H2,1-3H3. The number of ether oxygens (including phenoxy) is 1. The number of nitrogens with zero attached hydrogens (tertiary/aromatic N) is 3. The molecule has 0 saturated heterocycles. The summed E-state index contributed by atoms with van der Waals surface area (Å²) in [5, 5.41) is 3.93. The van der Waals surface area contributed by atoms with Gasteiger partial charge in [-0.3, -0.25) is 4.79 Å². The molecule has 0 atom stereocenters. The molecule has 0 fully saturated rings. The first kappa shape index (κ1) is 24.9. The summed E-state index contributed by atoms with van der Waals surface area (Å²) in [7, 11) is 1.29. The molecule has 7 nitrogen and oxygen atoms in total. The molecule has 2 heterocycles. The van der Waals surface area contributed by atoms with Crippen molar-refractivity contribution in [1.82, 2.24) is 14.7 Å². The molecular weight excluding hydrogens is 475 g/mol. The van der Waals surface area contributed by atoms with E-state index in [2.05, 4.69) is 10.1 Å². The molecule has 0 spiro atoms. The number of methoxy groups -OCH3 is 1. The zero-order valence-corrected chi connectivity index (χ0v) is 19.7. The third-order valence-electron chi connectivity index (χ3n) is 5.93. The minimum Gasteiger partial charge on any atom is -0.465 e. The quantitative estimate of drug-likeness (QED) is 0.339. The van der Waals surface area contributed by atoms with Gasteiger partial charge in [0.25, 0.3) is 11.4 Å². The second-order valence-electron chi connectivity index (χ2n) is 8.70. The lowest BCUT2D eigenvalue weighted by Crippen LogP contribution is -2.36. The highest BCUT2D eigenvalue weighted by atomic mass is 19.4. The lowest BCUT2D eigenvalue weighted by molar-refractivity contribution is -0.180. The van der Waals surface area contributed by atoms with E-state index in [-0.39, 0.29) is 29.4 Å². The first-order valence-electron chi connectivity index (χ1n) is 10.9. The Bertz CT molecular complexity index is 1450. The highest BCUT2D eigenvalue weighted by Gasteiger charge is 2.48. The molecule has 0 amide bonds. The molecule has 36 heavy (non-hydrogen) atoms. The molecule has 0 aliphatic carbocycles. The molecule has 0 bridgehead atoms. The van der Waals surface area contributed by atoms with Crippen molar-refractivity contribution < 1.29 is 27.2 Å². The fourth-order valence-electron chi connectivity index (χ4n) is 3.55. The zero-order valence-electron chi connectivity index (χ0n) is 19.7. The first-order chi connectivity index (χ1) is 17.0. The first-order valence-corrected chi connectivity index (χ1v) is 10.9. The number of hydrogen-bond donors (Lipinski definition) is 0. The zero-order chi connectivity index (χ0) is 26.1. The van der Waals surface area contributed by atoms with Crippen molar-refractivity contribution in [3.05, 3.63) is 93.9 Å².